The highest BCUT2D eigenvalue weighted by molar-refractivity contribution is 7.92. The zero-order valence-electron chi connectivity index (χ0n) is 35.8. The summed E-state index contributed by atoms with van der Waals surface area (Å²) in [6, 6.07) is 9.52. The van der Waals surface area contributed by atoms with Crippen molar-refractivity contribution in [3.8, 4) is 0 Å². The first-order valence-corrected chi connectivity index (χ1v) is 24.3. The number of imide groups is 1. The predicted octanol–water partition coefficient (Wildman–Crippen LogP) is 5.10. The van der Waals surface area contributed by atoms with E-state index in [1.807, 2.05) is 9.80 Å². The smallest absolute Gasteiger partial charge is 0.329 e. The van der Waals surface area contributed by atoms with E-state index in [-0.39, 0.29) is 41.6 Å². The summed E-state index contributed by atoms with van der Waals surface area (Å²) in [5.41, 5.74) is 1.67. The molecule has 4 aromatic rings. The van der Waals surface area contributed by atoms with Crippen LogP contribution >= 0.6 is 0 Å². The molecule has 2 N–H and O–H groups in total. The number of halogens is 1. The molecule has 3 amide bonds. The third kappa shape index (κ3) is 6.69. The van der Waals surface area contributed by atoms with Crippen LogP contribution < -0.4 is 26.1 Å². The molecule has 3 saturated carbocycles. The normalized spacial score (nSPS) is 24.2. The number of aryl methyl sites for hydroxylation is 1. The van der Waals surface area contributed by atoms with Crippen molar-refractivity contribution in [2.45, 2.75) is 112 Å². The number of hydrogen-bond acceptors (Lipinski definition) is 11. The van der Waals surface area contributed by atoms with Crippen LogP contribution in [0.15, 0.2) is 52.3 Å². The Kier molecular flexibility index (Phi) is 9.47. The molecule has 17 heteroatoms. The van der Waals surface area contributed by atoms with Gasteiger partial charge in [-0.2, -0.15) is 4.98 Å². The van der Waals surface area contributed by atoms with Gasteiger partial charge in [0, 0.05) is 56.6 Å². The Morgan fingerprint density at radius 2 is 1.63 bits per heavy atom. The summed E-state index contributed by atoms with van der Waals surface area (Å²) in [7, 11) is -1.98. The van der Waals surface area contributed by atoms with E-state index >= 15 is 4.39 Å². The molecule has 2 unspecified atom stereocenters. The molecular weight excluding hydrogens is 826 g/mol. The van der Waals surface area contributed by atoms with E-state index in [2.05, 4.69) is 27.4 Å². The van der Waals surface area contributed by atoms with Crippen LogP contribution in [-0.4, -0.2) is 94.2 Å². The summed E-state index contributed by atoms with van der Waals surface area (Å²) in [5.74, 6) is 0.829. The van der Waals surface area contributed by atoms with Gasteiger partial charge in [-0.1, -0.05) is 0 Å². The van der Waals surface area contributed by atoms with Crippen molar-refractivity contribution < 1.29 is 27.2 Å². The molecule has 4 aliphatic heterocycles. The van der Waals surface area contributed by atoms with Crippen LogP contribution in [-0.2, 0) is 36.7 Å². The fourth-order valence-electron chi connectivity index (χ4n) is 11.6. The number of imidazole rings is 1. The van der Waals surface area contributed by atoms with E-state index in [0.717, 1.165) is 76.6 Å². The third-order valence-electron chi connectivity index (χ3n) is 15.9. The number of piperidine rings is 3. The lowest BCUT2D eigenvalue weighted by Crippen LogP contribution is -2.52. The van der Waals surface area contributed by atoms with Crippen molar-refractivity contribution in [2.24, 2.45) is 24.3 Å². The Morgan fingerprint density at radius 1 is 0.921 bits per heavy atom. The maximum Gasteiger partial charge on any atom is 0.329 e. The highest BCUT2D eigenvalue weighted by atomic mass is 32.2. The second kappa shape index (κ2) is 14.7. The number of hydrogen-bond donors (Lipinski definition) is 2. The van der Waals surface area contributed by atoms with Gasteiger partial charge in [0.05, 0.1) is 26.8 Å². The first-order chi connectivity index (χ1) is 30.2. The molecule has 6 heterocycles. The minimum Gasteiger partial charge on any atom is -0.369 e. The molecule has 6 fully saturated rings. The van der Waals surface area contributed by atoms with Crippen LogP contribution in [0.5, 0.6) is 0 Å². The minimum absolute atomic E-state index is 0.0583. The lowest BCUT2D eigenvalue weighted by Gasteiger charge is -2.52. The first kappa shape index (κ1) is 40.6. The Balaban J connectivity index is 0.666. The minimum atomic E-state index is -3.49. The SMILES string of the molecule is CC(C1CC1)N1C(=O)C2(CC2)c2cnc(Nc3ccc(S(=O)(=O)C4CC5(CCN(CC6CCN(c7ccc8c(c7F)n(C)c(=O)n8C7CCC(=O)NC7=O)CC6)CC5)C4)cc3)nc21. The lowest BCUT2D eigenvalue weighted by molar-refractivity contribution is -0.135. The van der Waals surface area contributed by atoms with E-state index in [1.165, 1.54) is 16.2 Å². The average molecular weight is 880 g/mol. The molecular formula is C46H54FN9O6S. The number of fused-ring (bicyclic) bond motifs is 3. The number of amides is 3. The number of carbonyl (C=O) groups excluding carboxylic acids is 3. The number of nitrogens with zero attached hydrogens (tertiary/aromatic N) is 7. The molecule has 15 nitrogen and oxygen atoms in total. The molecule has 63 heavy (non-hydrogen) atoms. The fraction of sp³-hybridized carbons (Fsp3) is 0.565. The first-order valence-electron chi connectivity index (χ1n) is 22.8. The quantitative estimate of drug-likeness (QED) is 0.203. The number of anilines is 4. The summed E-state index contributed by atoms with van der Waals surface area (Å²) in [5, 5.41) is 5.15. The van der Waals surface area contributed by atoms with Crippen LogP contribution in [0, 0.1) is 23.1 Å². The van der Waals surface area contributed by atoms with Gasteiger partial charge in [-0.05, 0) is 144 Å². The van der Waals surface area contributed by atoms with Gasteiger partial charge in [0.1, 0.15) is 17.4 Å². The maximum atomic E-state index is 16.2. The van der Waals surface area contributed by atoms with E-state index in [9.17, 15) is 27.6 Å². The molecule has 0 bridgehead atoms. The van der Waals surface area contributed by atoms with Gasteiger partial charge in [-0.25, -0.2) is 22.6 Å². The van der Waals surface area contributed by atoms with E-state index in [1.54, 1.807) is 42.6 Å². The van der Waals surface area contributed by atoms with Gasteiger partial charge in [-0.15, -0.1) is 0 Å². The van der Waals surface area contributed by atoms with Crippen LogP contribution in [0.1, 0.15) is 95.6 Å². The fourth-order valence-corrected chi connectivity index (χ4v) is 13.6. The number of aromatic nitrogens is 4. The van der Waals surface area contributed by atoms with Crippen LogP contribution in [0.4, 0.5) is 27.5 Å². The lowest BCUT2D eigenvalue weighted by atomic mass is 9.63. The van der Waals surface area contributed by atoms with E-state index < -0.39 is 44.0 Å². The molecule has 2 aromatic heterocycles. The zero-order chi connectivity index (χ0) is 43.6. The Morgan fingerprint density at radius 3 is 2.30 bits per heavy atom. The van der Waals surface area contributed by atoms with Crippen molar-refractivity contribution in [3.05, 3.63) is 64.5 Å². The molecule has 7 aliphatic rings. The summed E-state index contributed by atoms with van der Waals surface area (Å²) < 4.78 is 46.3. The molecule has 3 aliphatic carbocycles. The zero-order valence-corrected chi connectivity index (χ0v) is 36.6. The molecule has 11 rings (SSSR count). The monoisotopic (exact) mass is 879 g/mol. The number of likely N-dealkylation sites (tertiary alicyclic amines) is 1. The largest absolute Gasteiger partial charge is 0.369 e. The Labute approximate surface area is 365 Å². The molecule has 3 saturated heterocycles. The summed E-state index contributed by atoms with van der Waals surface area (Å²) in [6.45, 7) is 6.33. The number of benzene rings is 2. The molecule has 2 aromatic carbocycles. The molecule has 0 radical (unpaired) electrons. The van der Waals surface area contributed by atoms with Gasteiger partial charge in [0.15, 0.2) is 15.7 Å². The Hall–Kier alpha value is -5.16. The van der Waals surface area contributed by atoms with Gasteiger partial charge < -0.3 is 15.1 Å². The van der Waals surface area contributed by atoms with Gasteiger partial charge >= 0.3 is 5.69 Å². The number of carbonyl (C=O) groups is 3. The number of sulfone groups is 1. The van der Waals surface area contributed by atoms with Crippen molar-refractivity contribution in [2.75, 3.05) is 47.8 Å². The second-order valence-electron chi connectivity index (χ2n) is 19.7. The number of nitrogens with one attached hydrogen (secondary N) is 2. The molecule has 332 valence electrons. The van der Waals surface area contributed by atoms with Gasteiger partial charge in [-0.3, -0.25) is 33.7 Å². The molecule has 2 spiro atoms. The number of rotatable bonds is 10. The highest BCUT2D eigenvalue weighted by Gasteiger charge is 2.62. The van der Waals surface area contributed by atoms with Crippen LogP contribution in [0.3, 0.4) is 0 Å². The second-order valence-corrected chi connectivity index (χ2v) is 21.9. The Bertz CT molecular complexity index is 2720. The van der Waals surface area contributed by atoms with Crippen molar-refractivity contribution in [1.29, 1.82) is 0 Å². The third-order valence-corrected chi connectivity index (χ3v) is 18.0. The van der Waals surface area contributed by atoms with Crippen molar-refractivity contribution in [1.82, 2.24) is 29.3 Å². The van der Waals surface area contributed by atoms with E-state index in [4.69, 9.17) is 4.98 Å². The van der Waals surface area contributed by atoms with Gasteiger partial charge in [0.25, 0.3) is 0 Å². The van der Waals surface area contributed by atoms with Crippen LogP contribution in [0.2, 0.25) is 0 Å². The van der Waals surface area contributed by atoms with Gasteiger partial charge in [0.2, 0.25) is 23.7 Å². The topological polar surface area (TPSA) is 172 Å². The highest BCUT2D eigenvalue weighted by Crippen LogP contribution is 2.58. The standard InChI is InChI=1S/C46H54FN9O6S/c1-27(29-3-4-29)55-40-33(46(15-16-46)42(55)59)25-48-43(51-40)49-30-5-7-31(8-6-30)63(61,62)32-23-45(24-32)17-21-53(22-18-45)26-28-13-19-54(20-14-28)34-9-10-35-39(38(34)47)52(2)44(60)56(35)36-11-12-37(57)50-41(36)58/h5-10,25,27-29,32,36H,3-4,11-24,26H2,1-2H3,(H,48,49,51)(H,50,57,58). The molecule has 2 atom stereocenters. The van der Waals surface area contributed by atoms with Crippen molar-refractivity contribution in [3.63, 3.8) is 0 Å². The van der Waals surface area contributed by atoms with E-state index in [0.29, 0.717) is 71.3 Å². The van der Waals surface area contributed by atoms with Crippen molar-refractivity contribution >= 4 is 61.7 Å². The summed E-state index contributed by atoms with van der Waals surface area (Å²) in [4.78, 5) is 67.2. The summed E-state index contributed by atoms with van der Waals surface area (Å²) >= 11 is 0. The average Bonchev–Trinajstić information content (AvgIpc) is 4.20. The maximum absolute atomic E-state index is 16.2. The van der Waals surface area contributed by atoms with Crippen LogP contribution in [0.25, 0.3) is 11.0 Å². The summed E-state index contributed by atoms with van der Waals surface area (Å²) in [6.07, 6.45) is 11.2. The predicted molar refractivity (Wildman–Crippen MR) is 234 cm³/mol.